The summed E-state index contributed by atoms with van der Waals surface area (Å²) in [5, 5.41) is 1.11. The first-order valence-electron chi connectivity index (χ1n) is 10.4. The number of rotatable bonds is 4. The van der Waals surface area contributed by atoms with Gasteiger partial charge in [0.25, 0.3) is 0 Å². The van der Waals surface area contributed by atoms with Crippen LogP contribution in [0.2, 0.25) is 0 Å². The fraction of sp³-hybridized carbons (Fsp3) is 0.360. The molecule has 150 valence electrons. The lowest BCUT2D eigenvalue weighted by molar-refractivity contribution is -0.132. The molecule has 0 spiro atoms. The lowest BCUT2D eigenvalue weighted by Gasteiger charge is -2.35. The van der Waals surface area contributed by atoms with Gasteiger partial charge in [-0.1, -0.05) is 48.5 Å². The van der Waals surface area contributed by atoms with E-state index in [9.17, 15) is 4.79 Å². The van der Waals surface area contributed by atoms with E-state index in [4.69, 9.17) is 4.98 Å². The van der Waals surface area contributed by atoms with Gasteiger partial charge in [-0.3, -0.25) is 9.78 Å². The highest BCUT2D eigenvalue weighted by atomic mass is 16.2. The summed E-state index contributed by atoms with van der Waals surface area (Å²) in [6, 6.07) is 18.9. The summed E-state index contributed by atoms with van der Waals surface area (Å²) in [7, 11) is 4.11. The number of para-hydroxylation sites is 1. The molecule has 2 aromatic carbocycles. The van der Waals surface area contributed by atoms with E-state index in [-0.39, 0.29) is 5.91 Å². The minimum Gasteiger partial charge on any atom is -0.342 e. The zero-order chi connectivity index (χ0) is 20.4. The number of likely N-dealkylation sites (tertiary alicyclic amines) is 1. The third-order valence-electron chi connectivity index (χ3n) is 6.22. The van der Waals surface area contributed by atoms with E-state index >= 15 is 0 Å². The highest BCUT2D eigenvalue weighted by Crippen LogP contribution is 2.33. The average molecular weight is 388 g/mol. The van der Waals surface area contributed by atoms with Crippen molar-refractivity contribution < 1.29 is 4.79 Å². The van der Waals surface area contributed by atoms with E-state index in [1.807, 2.05) is 43.1 Å². The topological polar surface area (TPSA) is 36.4 Å². The van der Waals surface area contributed by atoms with Crippen LogP contribution < -0.4 is 0 Å². The molecule has 0 atom stereocenters. The number of aromatic nitrogens is 1. The van der Waals surface area contributed by atoms with Gasteiger partial charge in [0, 0.05) is 24.2 Å². The van der Waals surface area contributed by atoms with Crippen LogP contribution in [0.5, 0.6) is 0 Å². The second kappa shape index (κ2) is 8.34. The van der Waals surface area contributed by atoms with Crippen LogP contribution in [-0.2, 0) is 11.2 Å². The van der Waals surface area contributed by atoms with E-state index in [0.29, 0.717) is 12.5 Å². The van der Waals surface area contributed by atoms with Gasteiger partial charge >= 0.3 is 0 Å². The van der Waals surface area contributed by atoms with Crippen molar-refractivity contribution >= 4 is 16.8 Å². The third-order valence-corrected chi connectivity index (χ3v) is 6.22. The maximum atomic E-state index is 13.2. The number of hydrogen-bond acceptors (Lipinski definition) is 3. The number of likely N-dealkylation sites (N-methyl/N-ethyl adjacent to an activating group) is 1. The van der Waals surface area contributed by atoms with Crippen LogP contribution >= 0.6 is 0 Å². The molecule has 0 radical (unpaired) electrons. The first kappa shape index (κ1) is 19.6. The second-order valence-corrected chi connectivity index (χ2v) is 8.15. The molecule has 1 aliphatic heterocycles. The van der Waals surface area contributed by atoms with E-state index in [1.54, 1.807) is 0 Å². The summed E-state index contributed by atoms with van der Waals surface area (Å²) in [5.74, 6) is 0.178. The number of nitrogens with zero attached hydrogens (tertiary/aromatic N) is 3. The fourth-order valence-electron chi connectivity index (χ4n) is 4.39. The predicted octanol–water partition coefficient (Wildman–Crippen LogP) is 4.31. The molecule has 0 saturated carbocycles. The Labute approximate surface area is 173 Å². The Morgan fingerprint density at radius 2 is 1.72 bits per heavy atom. The molecular formula is C25H29N3O. The average Bonchev–Trinajstić information content (AvgIpc) is 2.75. The Hall–Kier alpha value is -2.72. The summed E-state index contributed by atoms with van der Waals surface area (Å²) >= 11 is 0. The van der Waals surface area contributed by atoms with Crippen molar-refractivity contribution in [3.8, 4) is 11.1 Å². The molecule has 3 aromatic rings. The molecule has 1 aliphatic rings. The van der Waals surface area contributed by atoms with Crippen LogP contribution in [0.15, 0.2) is 54.6 Å². The summed E-state index contributed by atoms with van der Waals surface area (Å²) in [6.45, 7) is 4.12. The lowest BCUT2D eigenvalue weighted by atomic mass is 9.92. The molecule has 0 N–H and O–H groups in total. The summed E-state index contributed by atoms with van der Waals surface area (Å²) in [5.41, 5.74) is 5.23. The smallest absolute Gasteiger partial charge is 0.227 e. The first-order valence-corrected chi connectivity index (χ1v) is 10.4. The van der Waals surface area contributed by atoms with Crippen molar-refractivity contribution in [1.29, 1.82) is 0 Å². The molecule has 0 bridgehead atoms. The third kappa shape index (κ3) is 4.03. The standard InChI is InChI=1S/C25H29N3O/c1-18-22(17-24(29)28(3)20-13-15-27(2)16-14-20)25(19-9-5-4-6-10-19)21-11-7-8-12-23(21)26-18/h4-12,20H,13-17H2,1-3H3. The van der Waals surface area contributed by atoms with Crippen LogP contribution in [0, 0.1) is 6.92 Å². The van der Waals surface area contributed by atoms with Crippen molar-refractivity contribution in [1.82, 2.24) is 14.8 Å². The second-order valence-electron chi connectivity index (χ2n) is 8.15. The molecular weight excluding hydrogens is 358 g/mol. The van der Waals surface area contributed by atoms with E-state index in [0.717, 1.165) is 59.2 Å². The summed E-state index contributed by atoms with van der Waals surface area (Å²) in [6.07, 6.45) is 2.47. The van der Waals surface area contributed by atoms with Crippen molar-refractivity contribution in [2.75, 3.05) is 27.2 Å². The Morgan fingerprint density at radius 1 is 1.07 bits per heavy atom. The monoisotopic (exact) mass is 387 g/mol. The maximum absolute atomic E-state index is 13.2. The summed E-state index contributed by atoms with van der Waals surface area (Å²) < 4.78 is 0. The van der Waals surface area contributed by atoms with E-state index in [2.05, 4.69) is 42.3 Å². The maximum Gasteiger partial charge on any atom is 0.227 e. The Balaban J connectivity index is 1.71. The van der Waals surface area contributed by atoms with E-state index < -0.39 is 0 Å². The van der Waals surface area contributed by atoms with Crippen LogP contribution in [0.3, 0.4) is 0 Å². The Morgan fingerprint density at radius 3 is 2.45 bits per heavy atom. The number of benzene rings is 2. The van der Waals surface area contributed by atoms with Gasteiger partial charge in [-0.05, 0) is 62.7 Å². The number of fused-ring (bicyclic) bond motifs is 1. The molecule has 4 heteroatoms. The quantitative estimate of drug-likeness (QED) is 0.669. The van der Waals surface area contributed by atoms with Gasteiger partial charge in [-0.25, -0.2) is 0 Å². The number of amides is 1. The first-order chi connectivity index (χ1) is 14.0. The van der Waals surface area contributed by atoms with Gasteiger partial charge in [-0.2, -0.15) is 0 Å². The van der Waals surface area contributed by atoms with Crippen LogP contribution in [-0.4, -0.2) is 53.9 Å². The zero-order valence-electron chi connectivity index (χ0n) is 17.6. The molecule has 4 nitrogen and oxygen atoms in total. The molecule has 2 heterocycles. The fourth-order valence-corrected chi connectivity index (χ4v) is 4.39. The molecule has 1 saturated heterocycles. The molecule has 0 aliphatic carbocycles. The number of aryl methyl sites for hydroxylation is 1. The van der Waals surface area contributed by atoms with Gasteiger partial charge in [0.1, 0.15) is 0 Å². The van der Waals surface area contributed by atoms with Gasteiger partial charge < -0.3 is 9.80 Å². The summed E-state index contributed by atoms with van der Waals surface area (Å²) in [4.78, 5) is 22.4. The van der Waals surface area contributed by atoms with Crippen molar-refractivity contribution in [2.45, 2.75) is 32.2 Å². The minimum atomic E-state index is 0.178. The minimum absolute atomic E-state index is 0.178. The largest absolute Gasteiger partial charge is 0.342 e. The van der Waals surface area contributed by atoms with E-state index in [1.165, 1.54) is 0 Å². The molecule has 29 heavy (non-hydrogen) atoms. The highest BCUT2D eigenvalue weighted by molar-refractivity contribution is 5.98. The van der Waals surface area contributed by atoms with Crippen molar-refractivity contribution in [3.05, 3.63) is 65.9 Å². The molecule has 1 aromatic heterocycles. The van der Waals surface area contributed by atoms with Gasteiger partial charge in [0.2, 0.25) is 5.91 Å². The van der Waals surface area contributed by atoms with Gasteiger partial charge in [-0.15, -0.1) is 0 Å². The van der Waals surface area contributed by atoms with Crippen LogP contribution in [0.1, 0.15) is 24.1 Å². The number of carbonyl (C=O) groups is 1. The van der Waals surface area contributed by atoms with Crippen molar-refractivity contribution in [2.24, 2.45) is 0 Å². The molecule has 1 fully saturated rings. The zero-order valence-corrected chi connectivity index (χ0v) is 17.6. The normalized spacial score (nSPS) is 15.6. The number of piperidine rings is 1. The van der Waals surface area contributed by atoms with Crippen LogP contribution in [0.25, 0.3) is 22.0 Å². The SMILES string of the molecule is Cc1nc2ccccc2c(-c2ccccc2)c1CC(=O)N(C)C1CCN(C)CC1. The molecule has 0 unspecified atom stereocenters. The highest BCUT2D eigenvalue weighted by Gasteiger charge is 2.25. The van der Waals surface area contributed by atoms with Crippen molar-refractivity contribution in [3.63, 3.8) is 0 Å². The lowest BCUT2D eigenvalue weighted by Crippen LogP contribution is -2.45. The molecule has 4 rings (SSSR count). The number of carbonyl (C=O) groups excluding carboxylic acids is 1. The Kier molecular flexibility index (Phi) is 5.63. The van der Waals surface area contributed by atoms with Gasteiger partial charge in [0.05, 0.1) is 11.9 Å². The number of pyridine rings is 1. The molecule has 1 amide bonds. The van der Waals surface area contributed by atoms with Crippen LogP contribution in [0.4, 0.5) is 0 Å². The van der Waals surface area contributed by atoms with Gasteiger partial charge in [0.15, 0.2) is 0 Å². The Bertz CT molecular complexity index is 1010. The predicted molar refractivity (Wildman–Crippen MR) is 119 cm³/mol. The number of hydrogen-bond donors (Lipinski definition) is 0.